The van der Waals surface area contributed by atoms with Crippen molar-refractivity contribution in [1.29, 1.82) is 0 Å². The van der Waals surface area contributed by atoms with Gasteiger partial charge in [-0.3, -0.25) is 0 Å². The van der Waals surface area contributed by atoms with Crippen molar-refractivity contribution in [2.45, 2.75) is 62.8 Å². The molecule has 0 spiro atoms. The minimum Gasteiger partial charge on any atom is -0.195 e. The third-order valence-electron chi connectivity index (χ3n) is 5.20. The Bertz CT molecular complexity index is 754. The summed E-state index contributed by atoms with van der Waals surface area (Å²) in [5, 5.41) is 0. The Morgan fingerprint density at radius 2 is 0.441 bits per heavy atom. The average molecular weight is 456 g/mol. The Hall–Kier alpha value is -3.06. The van der Waals surface area contributed by atoms with E-state index in [1.165, 1.54) is 21.9 Å². The van der Waals surface area contributed by atoms with Gasteiger partial charge in [0.15, 0.2) is 0 Å². The highest BCUT2D eigenvalue weighted by atomic mass is 14.1. The first-order chi connectivity index (χ1) is 16.4. The molecule has 4 aromatic rings. The van der Waals surface area contributed by atoms with Gasteiger partial charge < -0.3 is 0 Å². The van der Waals surface area contributed by atoms with Crippen LogP contribution in [0.5, 0.6) is 0 Å². The van der Waals surface area contributed by atoms with Gasteiger partial charge in [0, 0.05) is 0 Å². The Morgan fingerprint density at radius 3 is 0.588 bits per heavy atom. The van der Waals surface area contributed by atoms with Crippen LogP contribution in [0.4, 0.5) is 0 Å². The second-order valence-electron chi connectivity index (χ2n) is 6.51. The maximum atomic E-state index is 2.26. The van der Waals surface area contributed by atoms with E-state index < -0.39 is 6.15 Å². The zero-order valence-corrected chi connectivity index (χ0v) is 22.1. The van der Waals surface area contributed by atoms with Crippen molar-refractivity contribution in [3.63, 3.8) is 0 Å². The zero-order chi connectivity index (χ0) is 25.0. The predicted molar refractivity (Wildman–Crippen MR) is 162 cm³/mol. The molecule has 0 fully saturated rings. The molecular weight excluding hydrogens is 407 g/mol. The molecule has 0 radical (unpaired) electrons. The van der Waals surface area contributed by atoms with Crippen LogP contribution in [0.2, 0.25) is 0 Å². The zero-order valence-electron chi connectivity index (χ0n) is 22.1. The molecule has 0 aliphatic rings. The molecule has 0 saturated heterocycles. The summed E-state index contributed by atoms with van der Waals surface area (Å²) in [4.78, 5) is 0. The highest BCUT2D eigenvalue weighted by Gasteiger charge is 2.30. The molecule has 0 bridgehead atoms. The second-order valence-corrected chi connectivity index (χ2v) is 6.51. The highest BCUT2D eigenvalue weighted by Crippen LogP contribution is 2.09. The van der Waals surface area contributed by atoms with Gasteiger partial charge in [0.25, 0.3) is 0 Å². The number of rotatable bonds is 4. The Balaban J connectivity index is 0. The minimum atomic E-state index is -1.22. The molecule has 0 unspecified atom stereocenters. The van der Waals surface area contributed by atoms with Crippen LogP contribution < -0.4 is 21.9 Å². The van der Waals surface area contributed by atoms with E-state index in [0.29, 0.717) is 0 Å². The van der Waals surface area contributed by atoms with Gasteiger partial charge in [-0.1, -0.05) is 184 Å². The lowest BCUT2D eigenvalue weighted by molar-refractivity contribution is 1.50. The van der Waals surface area contributed by atoms with Crippen molar-refractivity contribution in [3.8, 4) is 0 Å². The van der Waals surface area contributed by atoms with E-state index in [1.54, 1.807) is 0 Å². The van der Waals surface area contributed by atoms with Crippen LogP contribution in [0, 0.1) is 0 Å². The number of benzene rings is 4. The quantitative estimate of drug-likeness (QED) is 0.275. The molecule has 4 aromatic carbocycles. The standard InChI is InChI=1S/C24H20B.4C2H6.CH4/c1-5-13-21(14-6-1)25(22-15-7-2-8-16-22,23-17-9-3-10-18-23)24-19-11-4-12-20-24;4*1-2;/h1-20H;4*1-2H3;1H4/q-1;;;;;. The Kier molecular flexibility index (Phi) is 20.0. The van der Waals surface area contributed by atoms with E-state index in [2.05, 4.69) is 121 Å². The molecule has 1 heteroatoms. The van der Waals surface area contributed by atoms with Crippen LogP contribution >= 0.6 is 0 Å². The topological polar surface area (TPSA) is 0 Å². The summed E-state index contributed by atoms with van der Waals surface area (Å²) in [7, 11) is 0. The van der Waals surface area contributed by atoms with E-state index in [-0.39, 0.29) is 7.43 Å². The minimum absolute atomic E-state index is 0. The molecule has 34 heavy (non-hydrogen) atoms. The smallest absolute Gasteiger partial charge is 0.108 e. The van der Waals surface area contributed by atoms with E-state index in [0.717, 1.165) is 0 Å². The summed E-state index contributed by atoms with van der Waals surface area (Å²) in [5.74, 6) is 0. The summed E-state index contributed by atoms with van der Waals surface area (Å²) >= 11 is 0. The van der Waals surface area contributed by atoms with Gasteiger partial charge >= 0.3 is 0 Å². The largest absolute Gasteiger partial charge is 0.195 e. The number of hydrogen-bond acceptors (Lipinski definition) is 0. The first-order valence-electron chi connectivity index (χ1n) is 12.8. The lowest BCUT2D eigenvalue weighted by Gasteiger charge is -2.44. The molecule has 0 aromatic heterocycles. The van der Waals surface area contributed by atoms with Crippen LogP contribution in [0.15, 0.2) is 121 Å². The Labute approximate surface area is 212 Å². The monoisotopic (exact) mass is 455 g/mol. The molecule has 0 aliphatic heterocycles. The van der Waals surface area contributed by atoms with Crippen molar-refractivity contribution < 1.29 is 0 Å². The maximum Gasteiger partial charge on any atom is 0.108 e. The van der Waals surface area contributed by atoms with Crippen LogP contribution in [-0.4, -0.2) is 6.15 Å². The highest BCUT2D eigenvalue weighted by molar-refractivity contribution is 7.19. The van der Waals surface area contributed by atoms with E-state index in [1.807, 2.05) is 55.4 Å². The summed E-state index contributed by atoms with van der Waals surface area (Å²) in [6.07, 6.45) is -1.22. The van der Waals surface area contributed by atoms with Crippen LogP contribution in [0.1, 0.15) is 62.8 Å². The van der Waals surface area contributed by atoms with Crippen molar-refractivity contribution >= 4 is 28.0 Å². The first-order valence-corrected chi connectivity index (χ1v) is 12.8. The molecule has 0 saturated carbocycles. The summed E-state index contributed by atoms with van der Waals surface area (Å²) in [6, 6.07) is 43.5. The fourth-order valence-corrected chi connectivity index (χ4v) is 4.12. The van der Waals surface area contributed by atoms with E-state index >= 15 is 0 Å². The van der Waals surface area contributed by atoms with E-state index in [9.17, 15) is 0 Å². The van der Waals surface area contributed by atoms with Gasteiger partial charge in [-0.15, -0.1) is 0 Å². The van der Waals surface area contributed by atoms with Gasteiger partial charge in [-0.05, 0) is 0 Å². The van der Waals surface area contributed by atoms with Crippen LogP contribution in [-0.2, 0) is 0 Å². The van der Waals surface area contributed by atoms with Gasteiger partial charge in [-0.2, -0.15) is 21.9 Å². The van der Waals surface area contributed by atoms with Crippen molar-refractivity contribution in [2.24, 2.45) is 0 Å². The van der Waals surface area contributed by atoms with Crippen LogP contribution in [0.3, 0.4) is 0 Å². The van der Waals surface area contributed by atoms with Gasteiger partial charge in [0.1, 0.15) is 6.15 Å². The fourth-order valence-electron chi connectivity index (χ4n) is 4.12. The summed E-state index contributed by atoms with van der Waals surface area (Å²) in [6.45, 7) is 16.0. The van der Waals surface area contributed by atoms with Crippen LogP contribution in [0.25, 0.3) is 0 Å². The lowest BCUT2D eigenvalue weighted by atomic mass is 9.13. The van der Waals surface area contributed by atoms with Crippen molar-refractivity contribution in [2.75, 3.05) is 0 Å². The average Bonchev–Trinajstić information content (AvgIpc) is 2.96. The molecular formula is C33H48B-. The van der Waals surface area contributed by atoms with Gasteiger partial charge in [-0.25, -0.2) is 0 Å². The number of hydrogen-bond donors (Lipinski definition) is 0. The Morgan fingerprint density at radius 1 is 0.294 bits per heavy atom. The maximum absolute atomic E-state index is 2.26. The molecule has 0 aliphatic carbocycles. The summed E-state index contributed by atoms with van der Waals surface area (Å²) < 4.78 is 0. The van der Waals surface area contributed by atoms with Crippen molar-refractivity contribution in [3.05, 3.63) is 121 Å². The molecule has 0 atom stereocenters. The first kappa shape index (κ1) is 33.1. The summed E-state index contributed by atoms with van der Waals surface area (Å²) in [5.41, 5.74) is 5.36. The molecule has 0 amide bonds. The molecule has 0 nitrogen and oxygen atoms in total. The lowest BCUT2D eigenvalue weighted by Crippen LogP contribution is -2.74. The fraction of sp³-hybridized carbons (Fsp3) is 0.273. The SMILES string of the molecule is C.CC.CC.CC.CC.c1ccc([B-](c2ccccc2)(c2ccccc2)c2ccccc2)cc1. The third kappa shape index (κ3) is 8.06. The van der Waals surface area contributed by atoms with Crippen molar-refractivity contribution in [1.82, 2.24) is 0 Å². The molecule has 4 rings (SSSR count). The van der Waals surface area contributed by atoms with Gasteiger partial charge in [0.05, 0.1) is 0 Å². The second kappa shape index (κ2) is 20.5. The molecule has 184 valence electrons. The third-order valence-corrected chi connectivity index (χ3v) is 5.20. The molecule has 0 N–H and O–H groups in total. The predicted octanol–water partition coefficient (Wildman–Crippen LogP) is 7.80. The normalized spacial score (nSPS) is 8.94. The van der Waals surface area contributed by atoms with E-state index in [4.69, 9.17) is 0 Å². The van der Waals surface area contributed by atoms with Gasteiger partial charge in [0.2, 0.25) is 0 Å². The molecule has 0 heterocycles.